The molecule has 0 saturated heterocycles. The van der Waals surface area contributed by atoms with Crippen molar-refractivity contribution in [3.63, 3.8) is 0 Å². The highest BCUT2D eigenvalue weighted by Crippen LogP contribution is 2.48. The number of alkyl halides is 12. The fourth-order valence-electron chi connectivity index (χ4n) is 3.10. The van der Waals surface area contributed by atoms with Crippen LogP contribution in [0.25, 0.3) is 0 Å². The van der Waals surface area contributed by atoms with Crippen LogP contribution >= 0.6 is 0 Å². The van der Waals surface area contributed by atoms with E-state index in [9.17, 15) is 130 Å². The number of hydrogen-bond acceptors (Lipinski definition) is 8. The summed E-state index contributed by atoms with van der Waals surface area (Å²) in [6.07, 6.45) is 0. The summed E-state index contributed by atoms with van der Waals surface area (Å²) in [6.45, 7) is 0. The Labute approximate surface area is 270 Å². The van der Waals surface area contributed by atoms with Crippen molar-refractivity contribution in [2.45, 2.75) is 31.2 Å². The van der Waals surface area contributed by atoms with Gasteiger partial charge in [0.25, 0.3) is 39.3 Å². The van der Waals surface area contributed by atoms with Crippen molar-refractivity contribution in [3.8, 4) is 0 Å². The van der Waals surface area contributed by atoms with Gasteiger partial charge in [-0.2, -0.15) is 52.7 Å². The zero-order valence-corrected chi connectivity index (χ0v) is 25.6. The summed E-state index contributed by atoms with van der Waals surface area (Å²) in [7, 11) is -30.7. The van der Waals surface area contributed by atoms with Crippen molar-refractivity contribution < 1.29 is 130 Å². The molecule has 2 rings (SSSR count). The molecular formula is C18H2F22O8S4. The lowest BCUT2D eigenvalue weighted by Gasteiger charge is -2.22. The van der Waals surface area contributed by atoms with E-state index in [0.717, 1.165) is 0 Å². The van der Waals surface area contributed by atoms with Gasteiger partial charge in [0.05, 0.1) is 11.1 Å². The van der Waals surface area contributed by atoms with Gasteiger partial charge in [0, 0.05) is 0 Å². The quantitative estimate of drug-likeness (QED) is 0.182. The second-order valence-corrected chi connectivity index (χ2v) is 17.3. The van der Waals surface area contributed by atoms with E-state index in [-0.39, 0.29) is 0 Å². The van der Waals surface area contributed by atoms with Gasteiger partial charge in [-0.25, -0.2) is 77.6 Å². The zero-order valence-electron chi connectivity index (χ0n) is 22.4. The Morgan fingerprint density at radius 2 is 0.385 bits per heavy atom. The maximum Gasteiger partial charge on any atom is 0.499 e. The first-order valence-corrected chi connectivity index (χ1v) is 17.0. The van der Waals surface area contributed by atoms with Crippen LogP contribution in [-0.2, 0) is 39.3 Å². The molecule has 0 aliphatic heterocycles. The van der Waals surface area contributed by atoms with Gasteiger partial charge in [0.15, 0.2) is 46.5 Å². The van der Waals surface area contributed by atoms with Gasteiger partial charge in [0.2, 0.25) is 20.8 Å². The molecule has 0 N–H and O–H groups in total. The third kappa shape index (κ3) is 7.68. The Kier molecular flexibility index (Phi) is 12.4. The molecule has 2 aromatic rings. The normalized spacial score (nSPS) is 14.2. The third-order valence-corrected chi connectivity index (χ3v) is 14.2. The van der Waals surface area contributed by atoms with E-state index in [1.807, 2.05) is 0 Å². The number of hydrogen-bond donors (Lipinski definition) is 0. The van der Waals surface area contributed by atoms with Gasteiger partial charge in [0.1, 0.15) is 0 Å². The highest BCUT2D eigenvalue weighted by Gasteiger charge is 2.66. The summed E-state index contributed by atoms with van der Waals surface area (Å²) in [5.74, 6) is -32.7. The van der Waals surface area contributed by atoms with Crippen LogP contribution in [0, 0.1) is 58.2 Å². The molecule has 0 aliphatic carbocycles. The molecule has 0 radical (unpaired) electrons. The van der Waals surface area contributed by atoms with E-state index in [4.69, 9.17) is 0 Å². The van der Waals surface area contributed by atoms with Crippen molar-refractivity contribution in [3.05, 3.63) is 69.3 Å². The zero-order chi connectivity index (χ0) is 42.1. The van der Waals surface area contributed by atoms with Crippen LogP contribution in [0.5, 0.6) is 0 Å². The molecule has 52 heavy (non-hydrogen) atoms. The first-order valence-electron chi connectivity index (χ1n) is 10.8. The minimum absolute atomic E-state index is 3.07. The number of rotatable bonds is 6. The van der Waals surface area contributed by atoms with Gasteiger partial charge < -0.3 is 0 Å². The molecule has 0 amide bonds. The molecule has 0 unspecified atom stereocenters. The van der Waals surface area contributed by atoms with Crippen LogP contribution in [0.2, 0.25) is 0 Å². The van der Waals surface area contributed by atoms with Crippen LogP contribution in [-0.4, -0.2) is 55.7 Å². The molecule has 8 nitrogen and oxygen atoms in total. The SMILES string of the molecule is O=S(=O)(C(c1c(F)c(F)c(F)c(F)c1F)S(=O)(=O)C(F)(F)F)C(F)(F)F.O=S(=O)(C(c1c(F)c(F)c(F)c(F)c1F)S(=O)(=O)C(F)(F)F)C(F)(F)F. The van der Waals surface area contributed by atoms with Crippen LogP contribution in [0.3, 0.4) is 0 Å². The van der Waals surface area contributed by atoms with E-state index < -0.39 is 140 Å². The highest BCUT2D eigenvalue weighted by atomic mass is 32.3. The Balaban J connectivity index is 0.000000520. The summed E-state index contributed by atoms with van der Waals surface area (Å²) in [6, 6.07) is 0. The average Bonchev–Trinajstić information content (AvgIpc) is 2.94. The van der Waals surface area contributed by atoms with Gasteiger partial charge in [-0.3, -0.25) is 0 Å². The molecule has 0 aliphatic rings. The van der Waals surface area contributed by atoms with Crippen molar-refractivity contribution in [1.29, 1.82) is 0 Å². The van der Waals surface area contributed by atoms with Crippen molar-refractivity contribution in [1.82, 2.24) is 0 Å². The Bertz CT molecular complexity index is 1900. The molecule has 2 aromatic carbocycles. The lowest BCUT2D eigenvalue weighted by molar-refractivity contribution is -0.0484. The lowest BCUT2D eigenvalue weighted by Crippen LogP contribution is -2.40. The number of halogens is 22. The first-order chi connectivity index (χ1) is 22.6. The fourth-order valence-corrected chi connectivity index (χ4v) is 10.1. The molecule has 0 saturated carbocycles. The molecule has 0 aromatic heterocycles. The summed E-state index contributed by atoms with van der Waals surface area (Å²) < 4.78 is 361. The maximum absolute atomic E-state index is 13.5. The molecule has 34 heteroatoms. The predicted octanol–water partition coefficient (Wildman–Crippen LogP) is 6.50. The smallest absolute Gasteiger partial charge is 0.218 e. The highest BCUT2D eigenvalue weighted by molar-refractivity contribution is 8.09. The van der Waals surface area contributed by atoms with E-state index in [1.165, 1.54) is 0 Å². The van der Waals surface area contributed by atoms with E-state index >= 15 is 0 Å². The Morgan fingerprint density at radius 1 is 0.269 bits per heavy atom. The molecule has 0 atom stereocenters. The Morgan fingerprint density at radius 3 is 0.500 bits per heavy atom. The van der Waals surface area contributed by atoms with Crippen molar-refractivity contribution in [2.24, 2.45) is 0 Å². The number of sulfone groups is 4. The summed E-state index contributed by atoms with van der Waals surface area (Å²) in [4.78, 5) is 0. The first kappa shape index (κ1) is 46.7. The molecule has 0 spiro atoms. The fraction of sp³-hybridized carbons (Fsp3) is 0.333. The maximum atomic E-state index is 13.5. The van der Waals surface area contributed by atoms with Crippen molar-refractivity contribution >= 4 is 39.3 Å². The van der Waals surface area contributed by atoms with Gasteiger partial charge >= 0.3 is 22.0 Å². The molecule has 0 heterocycles. The van der Waals surface area contributed by atoms with E-state index in [0.29, 0.717) is 0 Å². The summed E-state index contributed by atoms with van der Waals surface area (Å²) in [5.41, 5.74) is -34.1. The van der Waals surface area contributed by atoms with Crippen molar-refractivity contribution in [2.75, 3.05) is 0 Å². The monoisotopic (exact) mass is 892 g/mol. The van der Waals surface area contributed by atoms with Crippen LogP contribution in [0.15, 0.2) is 0 Å². The predicted molar refractivity (Wildman–Crippen MR) is 118 cm³/mol. The van der Waals surface area contributed by atoms with E-state index in [1.54, 1.807) is 0 Å². The average molecular weight is 892 g/mol. The molecular weight excluding hydrogens is 890 g/mol. The second kappa shape index (κ2) is 13.8. The van der Waals surface area contributed by atoms with E-state index in [2.05, 4.69) is 0 Å². The minimum Gasteiger partial charge on any atom is -0.218 e. The van der Waals surface area contributed by atoms with Crippen LogP contribution in [0.4, 0.5) is 96.6 Å². The largest absolute Gasteiger partial charge is 0.499 e. The molecule has 0 bridgehead atoms. The Hall–Kier alpha value is -3.30. The van der Waals surface area contributed by atoms with Crippen LogP contribution in [0.1, 0.15) is 20.3 Å². The summed E-state index contributed by atoms with van der Waals surface area (Å²) >= 11 is 0. The topological polar surface area (TPSA) is 137 Å². The molecule has 0 fully saturated rings. The summed E-state index contributed by atoms with van der Waals surface area (Å²) in [5, 5.41) is 0. The third-order valence-electron chi connectivity index (χ3n) is 5.38. The second-order valence-electron chi connectivity index (χ2n) is 8.59. The van der Waals surface area contributed by atoms with Gasteiger partial charge in [-0.05, 0) is 0 Å². The van der Waals surface area contributed by atoms with Gasteiger partial charge in [-0.1, -0.05) is 0 Å². The minimum atomic E-state index is -7.67. The lowest BCUT2D eigenvalue weighted by atomic mass is 10.2. The molecule has 300 valence electrons. The number of benzene rings is 2. The standard InChI is InChI=1S/2C9HF11O4S2/c2*10-2-1(3(11)5(13)6(14)4(2)12)7(25(21,22)8(15,16)17)26(23,24)9(18,19)20/h2*7H. The van der Waals surface area contributed by atoms with Gasteiger partial charge in [-0.15, -0.1) is 0 Å². The van der Waals surface area contributed by atoms with Crippen LogP contribution < -0.4 is 0 Å².